The number of fused-ring (bicyclic) bond motifs is 1. The summed E-state index contributed by atoms with van der Waals surface area (Å²) >= 11 is 3.12. The highest BCUT2D eigenvalue weighted by molar-refractivity contribution is 9.10. The van der Waals surface area contributed by atoms with E-state index in [-0.39, 0.29) is 27.7 Å². The van der Waals surface area contributed by atoms with Crippen LogP contribution in [-0.2, 0) is 21.2 Å². The minimum atomic E-state index is -4.17. The van der Waals surface area contributed by atoms with Crippen LogP contribution in [0, 0.1) is 0 Å². The van der Waals surface area contributed by atoms with Gasteiger partial charge in [-0.3, -0.25) is 4.79 Å². The fourth-order valence-electron chi connectivity index (χ4n) is 1.94. The van der Waals surface area contributed by atoms with Crippen LogP contribution in [0.1, 0.15) is 12.0 Å². The van der Waals surface area contributed by atoms with Gasteiger partial charge in [-0.1, -0.05) is 0 Å². The lowest BCUT2D eigenvalue weighted by atomic mass is 10.0. The molecule has 4 N–H and O–H groups in total. The highest BCUT2D eigenvalue weighted by atomic mass is 79.9. The lowest BCUT2D eigenvalue weighted by Gasteiger charge is -2.20. The molecule has 1 aliphatic heterocycles. The number of nitrogens with two attached hydrogens (primary N) is 1. The Labute approximate surface area is 146 Å². The van der Waals surface area contributed by atoms with Crippen LogP contribution in [-0.4, -0.2) is 33.3 Å². The van der Waals surface area contributed by atoms with Crippen molar-refractivity contribution in [2.45, 2.75) is 23.7 Å². The second-order valence-corrected chi connectivity index (χ2v) is 7.46. The van der Waals surface area contributed by atoms with Crippen LogP contribution in [0.2, 0.25) is 0 Å². The molecule has 11 heteroatoms. The number of halogens is 4. The summed E-state index contributed by atoms with van der Waals surface area (Å²) in [6, 6.07) is 2.81. The smallest absolute Gasteiger partial charge is 0.273 e. The van der Waals surface area contributed by atoms with E-state index in [1.54, 1.807) is 6.07 Å². The summed E-state index contributed by atoms with van der Waals surface area (Å²) in [6.07, 6.45) is 0.797. The molecule has 0 fully saturated rings. The molecule has 1 amide bonds. The average molecular weight is 435 g/mol. The van der Waals surface area contributed by atoms with Gasteiger partial charge in [0.1, 0.15) is 0 Å². The standard InChI is InChI=1S/C12H14BrF2N3O3S.ClH/c13-8-3-7-1-2-11(19)18-9(7)4-10(8)22(20,21)17-6-12(14,15)5-16;/h3-4,17H,1-2,5-6,16H2,(H,18,19);1H. The van der Waals surface area contributed by atoms with Gasteiger partial charge in [0.15, 0.2) is 0 Å². The summed E-state index contributed by atoms with van der Waals surface area (Å²) in [5.74, 6) is -3.55. The van der Waals surface area contributed by atoms with Crippen molar-refractivity contribution in [3.05, 3.63) is 22.2 Å². The van der Waals surface area contributed by atoms with Gasteiger partial charge in [0.05, 0.1) is 18.0 Å². The van der Waals surface area contributed by atoms with Gasteiger partial charge in [-0.25, -0.2) is 21.9 Å². The third kappa shape index (κ3) is 4.83. The molecule has 130 valence electrons. The van der Waals surface area contributed by atoms with Crippen molar-refractivity contribution in [3.8, 4) is 0 Å². The molecule has 0 radical (unpaired) electrons. The van der Waals surface area contributed by atoms with E-state index in [0.29, 0.717) is 18.5 Å². The Balaban J connectivity index is 0.00000264. The SMILES string of the molecule is Cl.NCC(F)(F)CNS(=O)(=O)c1cc2c(cc1Br)CCC(=O)N2. The van der Waals surface area contributed by atoms with Gasteiger partial charge in [-0.2, -0.15) is 0 Å². The van der Waals surface area contributed by atoms with Crippen molar-refractivity contribution in [2.75, 3.05) is 18.4 Å². The summed E-state index contributed by atoms with van der Waals surface area (Å²) in [7, 11) is -4.17. The van der Waals surface area contributed by atoms with Gasteiger partial charge >= 0.3 is 0 Å². The Morgan fingerprint density at radius 1 is 1.35 bits per heavy atom. The molecule has 0 atom stereocenters. The highest BCUT2D eigenvalue weighted by Gasteiger charge is 2.30. The quantitative estimate of drug-likeness (QED) is 0.655. The third-order valence-corrected chi connectivity index (χ3v) is 5.52. The Kier molecular flexibility index (Phi) is 6.50. The van der Waals surface area contributed by atoms with Crippen LogP contribution in [0.4, 0.5) is 14.5 Å². The molecule has 1 aromatic carbocycles. The maximum Gasteiger partial charge on any atom is 0.273 e. The monoisotopic (exact) mass is 433 g/mol. The maximum absolute atomic E-state index is 13.1. The van der Waals surface area contributed by atoms with E-state index in [1.165, 1.54) is 6.07 Å². The number of aryl methyl sites for hydroxylation is 1. The van der Waals surface area contributed by atoms with Crippen LogP contribution in [0.25, 0.3) is 0 Å². The van der Waals surface area contributed by atoms with Crippen molar-refractivity contribution in [2.24, 2.45) is 5.73 Å². The van der Waals surface area contributed by atoms with E-state index in [1.807, 2.05) is 4.72 Å². The van der Waals surface area contributed by atoms with Crippen LogP contribution in [0.3, 0.4) is 0 Å². The van der Waals surface area contributed by atoms with E-state index in [2.05, 4.69) is 21.2 Å². The molecule has 1 aliphatic rings. The largest absolute Gasteiger partial charge is 0.326 e. The minimum Gasteiger partial charge on any atom is -0.326 e. The van der Waals surface area contributed by atoms with Gasteiger partial charge in [-0.05, 0) is 40.0 Å². The Bertz CT molecular complexity index is 716. The Morgan fingerprint density at radius 3 is 2.61 bits per heavy atom. The summed E-state index contributed by atoms with van der Waals surface area (Å²) < 4.78 is 52.6. The van der Waals surface area contributed by atoms with Crippen molar-refractivity contribution in [1.82, 2.24) is 4.72 Å². The zero-order valence-electron chi connectivity index (χ0n) is 11.7. The van der Waals surface area contributed by atoms with E-state index in [0.717, 1.165) is 5.56 Å². The maximum atomic E-state index is 13.1. The van der Waals surface area contributed by atoms with Crippen molar-refractivity contribution in [1.29, 1.82) is 0 Å². The zero-order chi connectivity index (χ0) is 16.5. The second kappa shape index (κ2) is 7.39. The van der Waals surface area contributed by atoms with E-state index in [9.17, 15) is 22.0 Å². The molecular weight excluding hydrogens is 420 g/mol. The molecule has 0 bridgehead atoms. The Hall–Kier alpha value is -0.810. The van der Waals surface area contributed by atoms with Gasteiger partial charge in [0, 0.05) is 16.6 Å². The first-order chi connectivity index (χ1) is 10.1. The predicted molar refractivity (Wildman–Crippen MR) is 87.5 cm³/mol. The number of nitrogens with one attached hydrogen (secondary N) is 2. The van der Waals surface area contributed by atoms with Crippen LogP contribution < -0.4 is 15.8 Å². The molecule has 0 unspecified atom stereocenters. The first-order valence-electron chi connectivity index (χ1n) is 6.34. The lowest BCUT2D eigenvalue weighted by molar-refractivity contribution is -0.116. The first-order valence-corrected chi connectivity index (χ1v) is 8.62. The lowest BCUT2D eigenvalue weighted by Crippen LogP contribution is -2.41. The summed E-state index contributed by atoms with van der Waals surface area (Å²) in [4.78, 5) is 11.1. The van der Waals surface area contributed by atoms with Crippen molar-refractivity contribution in [3.63, 3.8) is 0 Å². The first kappa shape index (κ1) is 20.2. The van der Waals surface area contributed by atoms with Crippen LogP contribution >= 0.6 is 28.3 Å². The van der Waals surface area contributed by atoms with Crippen molar-refractivity contribution < 1.29 is 22.0 Å². The van der Waals surface area contributed by atoms with E-state index >= 15 is 0 Å². The van der Waals surface area contributed by atoms with E-state index < -0.39 is 29.0 Å². The topological polar surface area (TPSA) is 101 Å². The molecule has 1 aromatic rings. The number of alkyl halides is 2. The molecule has 23 heavy (non-hydrogen) atoms. The molecule has 0 saturated carbocycles. The fraction of sp³-hybridized carbons (Fsp3) is 0.417. The highest BCUT2D eigenvalue weighted by Crippen LogP contribution is 2.32. The number of rotatable bonds is 5. The molecule has 6 nitrogen and oxygen atoms in total. The fourth-order valence-corrected chi connectivity index (χ4v) is 4.11. The molecule has 2 rings (SSSR count). The summed E-state index contributed by atoms with van der Waals surface area (Å²) in [5.41, 5.74) is 6.01. The summed E-state index contributed by atoms with van der Waals surface area (Å²) in [6.45, 7) is -2.06. The number of benzene rings is 1. The molecule has 1 heterocycles. The third-order valence-electron chi connectivity index (χ3n) is 3.16. The molecule has 0 aromatic heterocycles. The Morgan fingerprint density at radius 2 is 2.00 bits per heavy atom. The minimum absolute atomic E-state index is 0. The van der Waals surface area contributed by atoms with Gasteiger partial charge in [-0.15, -0.1) is 12.4 Å². The van der Waals surface area contributed by atoms with E-state index in [4.69, 9.17) is 5.73 Å². The predicted octanol–water partition coefficient (Wildman–Crippen LogP) is 1.63. The number of hydrogen-bond donors (Lipinski definition) is 3. The molecular formula is C12H15BrClF2N3O3S. The van der Waals surface area contributed by atoms with Gasteiger partial charge < -0.3 is 11.1 Å². The van der Waals surface area contributed by atoms with Crippen LogP contribution in [0.15, 0.2) is 21.5 Å². The number of carbonyl (C=O) groups is 1. The van der Waals surface area contributed by atoms with Crippen molar-refractivity contribution >= 4 is 50.0 Å². The number of carbonyl (C=O) groups excluding carboxylic acids is 1. The van der Waals surface area contributed by atoms with Crippen LogP contribution in [0.5, 0.6) is 0 Å². The molecule has 0 aliphatic carbocycles. The zero-order valence-corrected chi connectivity index (χ0v) is 15.0. The number of hydrogen-bond acceptors (Lipinski definition) is 4. The molecule has 0 spiro atoms. The second-order valence-electron chi connectivity index (χ2n) is 4.87. The number of anilines is 1. The van der Waals surface area contributed by atoms with Gasteiger partial charge in [0.2, 0.25) is 15.9 Å². The molecule has 0 saturated heterocycles. The van der Waals surface area contributed by atoms with Gasteiger partial charge in [0.25, 0.3) is 5.92 Å². The summed E-state index contributed by atoms with van der Waals surface area (Å²) in [5, 5.41) is 2.56. The normalized spacial score (nSPS) is 14.7. The number of amides is 1. The number of sulfonamides is 1. The average Bonchev–Trinajstić information content (AvgIpc) is 2.45.